The summed E-state index contributed by atoms with van der Waals surface area (Å²) in [7, 11) is 0. The second-order valence-electron chi connectivity index (χ2n) is 5.72. The van der Waals surface area contributed by atoms with Gasteiger partial charge in [0, 0.05) is 11.8 Å². The molecule has 0 aliphatic carbocycles. The molecular formula is C18H19N3O3. The third kappa shape index (κ3) is 3.65. The lowest BCUT2D eigenvalue weighted by atomic mass is 10.2. The van der Waals surface area contributed by atoms with E-state index in [1.54, 1.807) is 18.2 Å². The van der Waals surface area contributed by atoms with Crippen molar-refractivity contribution in [1.29, 1.82) is 0 Å². The van der Waals surface area contributed by atoms with E-state index >= 15 is 0 Å². The Labute approximate surface area is 139 Å². The number of aryl methyl sites for hydroxylation is 1. The van der Waals surface area contributed by atoms with Gasteiger partial charge in [0.05, 0.1) is 6.10 Å². The molecule has 0 fully saturated rings. The number of carbonyl (C=O) groups excluding carboxylic acids is 1. The van der Waals surface area contributed by atoms with Crippen molar-refractivity contribution in [2.75, 3.05) is 5.32 Å². The van der Waals surface area contributed by atoms with Gasteiger partial charge in [0.15, 0.2) is 11.5 Å². The van der Waals surface area contributed by atoms with Crippen molar-refractivity contribution >= 4 is 11.6 Å². The molecule has 0 saturated heterocycles. The third-order valence-corrected chi connectivity index (χ3v) is 3.30. The summed E-state index contributed by atoms with van der Waals surface area (Å²) in [4.78, 5) is 12.3. The zero-order valence-electron chi connectivity index (χ0n) is 13.8. The zero-order chi connectivity index (χ0) is 17.1. The molecular weight excluding hydrogens is 306 g/mol. The highest BCUT2D eigenvalue weighted by Gasteiger charge is 2.13. The minimum absolute atomic E-state index is 0.109. The van der Waals surface area contributed by atoms with E-state index in [4.69, 9.17) is 9.15 Å². The van der Waals surface area contributed by atoms with E-state index in [9.17, 15) is 4.79 Å². The van der Waals surface area contributed by atoms with Crippen LogP contribution >= 0.6 is 0 Å². The van der Waals surface area contributed by atoms with Gasteiger partial charge >= 0.3 is 0 Å². The van der Waals surface area contributed by atoms with Crippen molar-refractivity contribution in [3.63, 3.8) is 0 Å². The van der Waals surface area contributed by atoms with Crippen LogP contribution in [-0.4, -0.2) is 22.2 Å². The van der Waals surface area contributed by atoms with E-state index in [0.29, 0.717) is 22.8 Å². The van der Waals surface area contributed by atoms with Crippen molar-refractivity contribution in [2.45, 2.75) is 26.9 Å². The summed E-state index contributed by atoms with van der Waals surface area (Å²) in [5.74, 6) is 1.92. The van der Waals surface area contributed by atoms with Gasteiger partial charge in [0.1, 0.15) is 17.2 Å². The molecule has 24 heavy (non-hydrogen) atoms. The van der Waals surface area contributed by atoms with Crippen molar-refractivity contribution in [3.05, 3.63) is 53.9 Å². The molecule has 3 rings (SSSR count). The van der Waals surface area contributed by atoms with E-state index in [2.05, 4.69) is 15.5 Å². The number of nitrogens with zero attached hydrogens (tertiary/aromatic N) is 1. The Morgan fingerprint density at radius 3 is 2.58 bits per heavy atom. The fourth-order valence-corrected chi connectivity index (χ4v) is 2.23. The smallest absolute Gasteiger partial charge is 0.276 e. The monoisotopic (exact) mass is 325 g/mol. The topological polar surface area (TPSA) is 80.1 Å². The quantitative estimate of drug-likeness (QED) is 0.742. The van der Waals surface area contributed by atoms with E-state index in [-0.39, 0.29) is 12.0 Å². The molecule has 0 saturated carbocycles. The first-order valence-electron chi connectivity index (χ1n) is 7.71. The summed E-state index contributed by atoms with van der Waals surface area (Å²) in [5, 5.41) is 9.64. The normalized spacial score (nSPS) is 10.8. The predicted molar refractivity (Wildman–Crippen MR) is 91.2 cm³/mol. The van der Waals surface area contributed by atoms with E-state index in [1.807, 2.05) is 45.0 Å². The van der Waals surface area contributed by atoms with Crippen LogP contribution in [0.1, 0.15) is 30.1 Å². The first kappa shape index (κ1) is 15.9. The van der Waals surface area contributed by atoms with Gasteiger partial charge in [-0.3, -0.25) is 9.89 Å². The van der Waals surface area contributed by atoms with Gasteiger partial charge in [0.25, 0.3) is 5.91 Å². The Morgan fingerprint density at radius 2 is 1.96 bits per heavy atom. The molecule has 1 aromatic carbocycles. The second-order valence-corrected chi connectivity index (χ2v) is 5.72. The van der Waals surface area contributed by atoms with Gasteiger partial charge in [-0.15, -0.1) is 0 Å². The number of H-pyrrole nitrogens is 1. The standard InChI is InChI=1S/C18H19N3O3/c1-11(2)23-14-7-5-13(6-8-14)19-18(22)16-10-15(20-21-16)17-9-4-12(3)24-17/h4-11H,1-3H3,(H,19,22)(H,20,21). The van der Waals surface area contributed by atoms with Crippen LogP contribution in [0.5, 0.6) is 5.75 Å². The number of hydrogen-bond acceptors (Lipinski definition) is 4. The fraction of sp³-hybridized carbons (Fsp3) is 0.222. The molecule has 0 radical (unpaired) electrons. The van der Waals surface area contributed by atoms with E-state index in [1.165, 1.54) is 0 Å². The maximum atomic E-state index is 12.3. The molecule has 124 valence electrons. The molecule has 3 aromatic rings. The van der Waals surface area contributed by atoms with Crippen molar-refractivity contribution in [2.24, 2.45) is 0 Å². The number of rotatable bonds is 5. The summed E-state index contributed by atoms with van der Waals surface area (Å²) in [6.45, 7) is 5.79. The molecule has 0 aliphatic rings. The van der Waals surface area contributed by atoms with Gasteiger partial charge in [-0.1, -0.05) is 0 Å². The summed E-state index contributed by atoms with van der Waals surface area (Å²) in [6.07, 6.45) is 0.109. The first-order chi connectivity index (χ1) is 11.5. The van der Waals surface area contributed by atoms with Gasteiger partial charge in [-0.2, -0.15) is 5.10 Å². The Bertz CT molecular complexity index is 831. The molecule has 6 nitrogen and oxygen atoms in total. The van der Waals surface area contributed by atoms with Crippen LogP contribution in [0.3, 0.4) is 0 Å². The van der Waals surface area contributed by atoms with Crippen molar-refractivity contribution in [3.8, 4) is 17.2 Å². The third-order valence-electron chi connectivity index (χ3n) is 3.30. The highest BCUT2D eigenvalue weighted by molar-refractivity contribution is 6.03. The lowest BCUT2D eigenvalue weighted by Crippen LogP contribution is -2.12. The van der Waals surface area contributed by atoms with Crippen LogP contribution in [-0.2, 0) is 0 Å². The molecule has 6 heteroatoms. The number of benzene rings is 1. The van der Waals surface area contributed by atoms with Crippen LogP contribution in [0, 0.1) is 6.92 Å². The largest absolute Gasteiger partial charge is 0.491 e. The molecule has 2 N–H and O–H groups in total. The molecule has 0 atom stereocenters. The SMILES string of the molecule is Cc1ccc(-c2cc(C(=O)Nc3ccc(OC(C)C)cc3)n[nH]2)o1. The van der Waals surface area contributed by atoms with Crippen LogP contribution < -0.4 is 10.1 Å². The number of carbonyl (C=O) groups is 1. The van der Waals surface area contributed by atoms with Crippen LogP contribution in [0.15, 0.2) is 46.9 Å². The van der Waals surface area contributed by atoms with E-state index in [0.717, 1.165) is 11.5 Å². The number of aromatic nitrogens is 2. The number of ether oxygens (including phenoxy) is 1. The molecule has 1 amide bonds. The zero-order valence-corrected chi connectivity index (χ0v) is 13.8. The first-order valence-corrected chi connectivity index (χ1v) is 7.71. The maximum absolute atomic E-state index is 12.3. The average Bonchev–Trinajstić information content (AvgIpc) is 3.17. The highest BCUT2D eigenvalue weighted by Crippen LogP contribution is 2.21. The number of amides is 1. The van der Waals surface area contributed by atoms with Crippen molar-refractivity contribution in [1.82, 2.24) is 10.2 Å². The van der Waals surface area contributed by atoms with E-state index < -0.39 is 0 Å². The Hall–Kier alpha value is -3.02. The highest BCUT2D eigenvalue weighted by atomic mass is 16.5. The summed E-state index contributed by atoms with van der Waals surface area (Å²) < 4.78 is 11.1. The fourth-order valence-electron chi connectivity index (χ4n) is 2.23. The number of nitrogens with one attached hydrogen (secondary N) is 2. The van der Waals surface area contributed by atoms with Gasteiger partial charge < -0.3 is 14.5 Å². The number of anilines is 1. The average molecular weight is 325 g/mol. The van der Waals surface area contributed by atoms with Gasteiger partial charge in [0.2, 0.25) is 0 Å². The lowest BCUT2D eigenvalue weighted by molar-refractivity contribution is 0.102. The summed E-state index contributed by atoms with van der Waals surface area (Å²) in [5.41, 5.74) is 1.63. The molecule has 2 aromatic heterocycles. The van der Waals surface area contributed by atoms with Crippen LogP contribution in [0.4, 0.5) is 5.69 Å². The number of aromatic amines is 1. The van der Waals surface area contributed by atoms with Crippen LogP contribution in [0.2, 0.25) is 0 Å². The minimum atomic E-state index is -0.293. The Morgan fingerprint density at radius 1 is 1.21 bits per heavy atom. The Kier molecular flexibility index (Phi) is 4.37. The summed E-state index contributed by atoms with van der Waals surface area (Å²) in [6, 6.07) is 12.6. The molecule has 0 aliphatic heterocycles. The number of furan rings is 1. The van der Waals surface area contributed by atoms with Crippen LogP contribution in [0.25, 0.3) is 11.5 Å². The molecule has 0 unspecified atom stereocenters. The maximum Gasteiger partial charge on any atom is 0.276 e. The predicted octanol–water partition coefficient (Wildman–Crippen LogP) is 4.02. The number of hydrogen-bond donors (Lipinski definition) is 2. The summed E-state index contributed by atoms with van der Waals surface area (Å²) >= 11 is 0. The minimum Gasteiger partial charge on any atom is -0.491 e. The van der Waals surface area contributed by atoms with Gasteiger partial charge in [-0.25, -0.2) is 0 Å². The lowest BCUT2D eigenvalue weighted by Gasteiger charge is -2.10. The molecule has 0 spiro atoms. The molecule has 0 bridgehead atoms. The molecule has 2 heterocycles. The Balaban J connectivity index is 1.68. The van der Waals surface area contributed by atoms with Gasteiger partial charge in [-0.05, 0) is 57.2 Å². The second kappa shape index (κ2) is 6.62. The van der Waals surface area contributed by atoms with Crippen molar-refractivity contribution < 1.29 is 13.9 Å².